The van der Waals surface area contributed by atoms with Gasteiger partial charge in [0.15, 0.2) is 11.5 Å². The molecule has 0 atom stereocenters. The van der Waals surface area contributed by atoms with Crippen LogP contribution in [0.4, 0.5) is 10.1 Å². The van der Waals surface area contributed by atoms with E-state index in [0.717, 1.165) is 11.6 Å². The first-order chi connectivity index (χ1) is 11.9. The Labute approximate surface area is 148 Å². The van der Waals surface area contributed by atoms with Gasteiger partial charge in [-0.3, -0.25) is 9.59 Å². The molecular weight excluding hydrogens is 351 g/mol. The zero-order valence-corrected chi connectivity index (χ0v) is 14.3. The number of hydrogen-bond acceptors (Lipinski definition) is 4. The molecule has 0 bridgehead atoms. The van der Waals surface area contributed by atoms with Crippen LogP contribution in [-0.2, 0) is 16.1 Å². The highest BCUT2D eigenvalue weighted by Crippen LogP contribution is 2.27. The van der Waals surface area contributed by atoms with Crippen LogP contribution >= 0.6 is 11.6 Å². The van der Waals surface area contributed by atoms with Crippen molar-refractivity contribution in [3.05, 3.63) is 52.8 Å². The van der Waals surface area contributed by atoms with Crippen molar-refractivity contribution in [3.63, 3.8) is 0 Å². The molecule has 132 valence electrons. The van der Waals surface area contributed by atoms with Crippen molar-refractivity contribution in [2.24, 2.45) is 0 Å². The summed E-state index contributed by atoms with van der Waals surface area (Å²) in [7, 11) is 3.02. The van der Waals surface area contributed by atoms with E-state index in [9.17, 15) is 14.0 Å². The molecule has 0 saturated carbocycles. The van der Waals surface area contributed by atoms with Gasteiger partial charge >= 0.3 is 11.8 Å². The molecule has 0 aliphatic rings. The standard InChI is InChI=1S/C17H16ClFN2O4/c1-24-14-6-3-10(7-15(14)25-2)9-20-16(22)17(23)21-11-4-5-13(19)12(18)8-11/h3-8H,9H2,1-2H3,(H,20,22)(H,21,23). The fourth-order valence-corrected chi connectivity index (χ4v) is 2.20. The van der Waals surface area contributed by atoms with Gasteiger partial charge in [0.2, 0.25) is 0 Å². The van der Waals surface area contributed by atoms with Crippen molar-refractivity contribution in [1.82, 2.24) is 5.32 Å². The number of rotatable bonds is 5. The minimum atomic E-state index is -0.886. The number of carbonyl (C=O) groups excluding carboxylic acids is 2. The van der Waals surface area contributed by atoms with Gasteiger partial charge in [-0.2, -0.15) is 0 Å². The first-order valence-corrected chi connectivity index (χ1v) is 7.57. The first kappa shape index (κ1) is 18.5. The number of benzene rings is 2. The number of nitrogens with one attached hydrogen (secondary N) is 2. The minimum Gasteiger partial charge on any atom is -0.493 e. The van der Waals surface area contributed by atoms with Crippen LogP contribution in [0.15, 0.2) is 36.4 Å². The van der Waals surface area contributed by atoms with Crippen LogP contribution in [0.1, 0.15) is 5.56 Å². The zero-order chi connectivity index (χ0) is 18.4. The van der Waals surface area contributed by atoms with E-state index in [1.807, 2.05) is 0 Å². The quantitative estimate of drug-likeness (QED) is 0.798. The number of amides is 2. The predicted molar refractivity (Wildman–Crippen MR) is 91.4 cm³/mol. The van der Waals surface area contributed by atoms with Gasteiger partial charge in [-0.15, -0.1) is 0 Å². The lowest BCUT2D eigenvalue weighted by atomic mass is 10.2. The number of carbonyl (C=O) groups is 2. The maximum absolute atomic E-state index is 13.1. The third-order valence-electron chi connectivity index (χ3n) is 3.28. The van der Waals surface area contributed by atoms with Crippen LogP contribution in [-0.4, -0.2) is 26.0 Å². The number of methoxy groups -OCH3 is 2. The summed E-state index contributed by atoms with van der Waals surface area (Å²) in [6.45, 7) is 0.122. The molecule has 2 aromatic carbocycles. The van der Waals surface area contributed by atoms with Crippen molar-refractivity contribution in [1.29, 1.82) is 0 Å². The zero-order valence-electron chi connectivity index (χ0n) is 13.6. The average Bonchev–Trinajstić information content (AvgIpc) is 2.62. The van der Waals surface area contributed by atoms with E-state index in [2.05, 4.69) is 10.6 Å². The summed E-state index contributed by atoms with van der Waals surface area (Å²) in [6, 6.07) is 8.74. The normalized spacial score (nSPS) is 10.1. The molecule has 0 saturated heterocycles. The fraction of sp³-hybridized carbons (Fsp3) is 0.176. The Bertz CT molecular complexity index is 798. The lowest BCUT2D eigenvalue weighted by molar-refractivity contribution is -0.136. The van der Waals surface area contributed by atoms with Gasteiger partial charge in [0.1, 0.15) is 5.82 Å². The topological polar surface area (TPSA) is 76.7 Å². The van der Waals surface area contributed by atoms with Crippen LogP contribution in [0.25, 0.3) is 0 Å². The van der Waals surface area contributed by atoms with E-state index in [1.54, 1.807) is 18.2 Å². The molecule has 0 radical (unpaired) electrons. The molecule has 0 aromatic heterocycles. The minimum absolute atomic E-state index is 0.122. The van der Waals surface area contributed by atoms with Gasteiger partial charge in [0.05, 0.1) is 19.2 Å². The highest BCUT2D eigenvalue weighted by Gasteiger charge is 2.14. The predicted octanol–water partition coefficient (Wildman–Crippen LogP) is 2.75. The second-order valence-electron chi connectivity index (χ2n) is 4.96. The number of ether oxygens (including phenoxy) is 2. The molecule has 25 heavy (non-hydrogen) atoms. The molecule has 0 heterocycles. The van der Waals surface area contributed by atoms with Crippen molar-refractivity contribution in [2.75, 3.05) is 19.5 Å². The molecular formula is C17H16ClFN2O4. The lowest BCUT2D eigenvalue weighted by Crippen LogP contribution is -2.34. The largest absolute Gasteiger partial charge is 0.493 e. The summed E-state index contributed by atoms with van der Waals surface area (Å²) >= 11 is 5.62. The SMILES string of the molecule is COc1ccc(CNC(=O)C(=O)Nc2ccc(F)c(Cl)c2)cc1OC. The maximum Gasteiger partial charge on any atom is 0.313 e. The van der Waals surface area contributed by atoms with E-state index in [1.165, 1.54) is 26.4 Å². The average molecular weight is 367 g/mol. The Morgan fingerprint density at radius 2 is 1.76 bits per heavy atom. The number of halogens is 2. The molecule has 6 nitrogen and oxygen atoms in total. The summed E-state index contributed by atoms with van der Waals surface area (Å²) in [4.78, 5) is 23.7. The van der Waals surface area contributed by atoms with Gasteiger partial charge in [-0.1, -0.05) is 17.7 Å². The van der Waals surface area contributed by atoms with E-state index in [-0.39, 0.29) is 17.3 Å². The monoisotopic (exact) mass is 366 g/mol. The molecule has 0 aliphatic heterocycles. The molecule has 0 unspecified atom stereocenters. The summed E-state index contributed by atoms with van der Waals surface area (Å²) < 4.78 is 23.4. The van der Waals surface area contributed by atoms with Gasteiger partial charge in [-0.25, -0.2) is 4.39 Å². The molecule has 0 fully saturated rings. The Kier molecular flexibility index (Phi) is 6.19. The third-order valence-corrected chi connectivity index (χ3v) is 3.57. The Morgan fingerprint density at radius 1 is 1.04 bits per heavy atom. The van der Waals surface area contributed by atoms with Gasteiger partial charge < -0.3 is 20.1 Å². The van der Waals surface area contributed by atoms with Gasteiger partial charge in [0.25, 0.3) is 0 Å². The van der Waals surface area contributed by atoms with E-state index in [0.29, 0.717) is 11.5 Å². The molecule has 8 heteroatoms. The van der Waals surface area contributed by atoms with Crippen LogP contribution < -0.4 is 20.1 Å². The maximum atomic E-state index is 13.1. The molecule has 2 rings (SSSR count). The summed E-state index contributed by atoms with van der Waals surface area (Å²) in [5.41, 5.74) is 0.946. The molecule has 0 aliphatic carbocycles. The summed E-state index contributed by atoms with van der Waals surface area (Å²) in [5.74, 6) is -1.26. The van der Waals surface area contributed by atoms with Gasteiger partial charge in [-0.05, 0) is 35.9 Å². The van der Waals surface area contributed by atoms with Crippen LogP contribution in [0.2, 0.25) is 5.02 Å². The van der Waals surface area contributed by atoms with E-state index in [4.69, 9.17) is 21.1 Å². The highest BCUT2D eigenvalue weighted by molar-refractivity contribution is 6.39. The molecule has 2 aromatic rings. The Morgan fingerprint density at radius 3 is 2.40 bits per heavy atom. The number of hydrogen-bond donors (Lipinski definition) is 2. The van der Waals surface area contributed by atoms with Crippen molar-refractivity contribution in [2.45, 2.75) is 6.54 Å². The van der Waals surface area contributed by atoms with Crippen LogP contribution in [0, 0.1) is 5.82 Å². The van der Waals surface area contributed by atoms with E-state index >= 15 is 0 Å². The van der Waals surface area contributed by atoms with E-state index < -0.39 is 17.6 Å². The molecule has 0 spiro atoms. The van der Waals surface area contributed by atoms with Crippen molar-refractivity contribution < 1.29 is 23.5 Å². The van der Waals surface area contributed by atoms with Crippen LogP contribution in [0.3, 0.4) is 0 Å². The smallest absolute Gasteiger partial charge is 0.313 e. The molecule has 2 N–H and O–H groups in total. The second-order valence-corrected chi connectivity index (χ2v) is 5.36. The van der Waals surface area contributed by atoms with Crippen molar-refractivity contribution >= 4 is 29.1 Å². The second kappa shape index (κ2) is 8.34. The fourth-order valence-electron chi connectivity index (χ4n) is 2.01. The summed E-state index contributed by atoms with van der Waals surface area (Å²) in [6.07, 6.45) is 0. The Balaban J connectivity index is 1.95. The third kappa shape index (κ3) is 4.84. The molecule has 2 amide bonds. The summed E-state index contributed by atoms with van der Waals surface area (Å²) in [5, 5.41) is 4.67. The van der Waals surface area contributed by atoms with Crippen molar-refractivity contribution in [3.8, 4) is 11.5 Å². The van der Waals surface area contributed by atoms with Gasteiger partial charge in [0, 0.05) is 12.2 Å². The lowest BCUT2D eigenvalue weighted by Gasteiger charge is -2.10. The number of anilines is 1. The first-order valence-electron chi connectivity index (χ1n) is 7.19. The highest BCUT2D eigenvalue weighted by atomic mass is 35.5. The van der Waals surface area contributed by atoms with Crippen LogP contribution in [0.5, 0.6) is 11.5 Å². The Hall–Kier alpha value is -2.80.